The lowest BCUT2D eigenvalue weighted by molar-refractivity contribution is 0.961. The summed E-state index contributed by atoms with van der Waals surface area (Å²) >= 11 is 0. The zero-order valence-corrected chi connectivity index (χ0v) is 21.9. The van der Waals surface area contributed by atoms with Crippen LogP contribution in [0.5, 0.6) is 0 Å². The molecule has 0 bridgehead atoms. The van der Waals surface area contributed by atoms with E-state index in [0.29, 0.717) is 0 Å². The van der Waals surface area contributed by atoms with Crippen LogP contribution in [0.2, 0.25) is 0 Å². The van der Waals surface area contributed by atoms with Gasteiger partial charge in [-0.3, -0.25) is 0 Å². The molecule has 0 fully saturated rings. The molecule has 0 atom stereocenters. The normalized spacial score (nSPS) is 10.8. The van der Waals surface area contributed by atoms with Gasteiger partial charge in [0.25, 0.3) is 0 Å². The second-order valence-corrected chi connectivity index (χ2v) is 9.91. The molecule has 0 saturated carbocycles. The summed E-state index contributed by atoms with van der Waals surface area (Å²) in [5, 5.41) is 3.52. The lowest BCUT2D eigenvalue weighted by atomic mass is 9.98. The molecule has 0 saturated heterocycles. The minimum absolute atomic E-state index is 1.04. The van der Waals surface area contributed by atoms with Crippen LogP contribution < -0.4 is 5.32 Å². The monoisotopic (exact) mass is 501 g/mol. The maximum atomic E-state index is 3.52. The van der Waals surface area contributed by atoms with Gasteiger partial charge in [0, 0.05) is 11.4 Å². The van der Waals surface area contributed by atoms with Crippen LogP contribution in [-0.4, -0.2) is 0 Å². The predicted molar refractivity (Wildman–Crippen MR) is 166 cm³/mol. The van der Waals surface area contributed by atoms with Gasteiger partial charge in [0.15, 0.2) is 0 Å². The van der Waals surface area contributed by atoms with Crippen LogP contribution in [0, 0.1) is 0 Å². The first-order valence-electron chi connectivity index (χ1n) is 13.6. The molecular formula is C38H31N. The van der Waals surface area contributed by atoms with Gasteiger partial charge in [-0.2, -0.15) is 0 Å². The fourth-order valence-corrected chi connectivity index (χ4v) is 4.94. The molecule has 1 heteroatoms. The van der Waals surface area contributed by atoms with Crippen molar-refractivity contribution in [1.82, 2.24) is 0 Å². The second kappa shape index (κ2) is 11.7. The lowest BCUT2D eigenvalue weighted by Gasteiger charge is -2.10. The zero-order chi connectivity index (χ0) is 26.3. The summed E-state index contributed by atoms with van der Waals surface area (Å²) in [5.41, 5.74) is 12.4. The van der Waals surface area contributed by atoms with Gasteiger partial charge in [-0.05, 0) is 81.6 Å². The Morgan fingerprint density at radius 3 is 0.897 bits per heavy atom. The molecule has 0 radical (unpaired) electrons. The SMILES string of the molecule is c1ccc(-c2ccc(CCc3ccc(-c4ccc(Nc5ccc(-c6ccccc6)cc5)cc4)cc3)cc2)cc1. The molecule has 0 spiro atoms. The Labute approximate surface area is 231 Å². The molecule has 6 rings (SSSR count). The summed E-state index contributed by atoms with van der Waals surface area (Å²) in [5.74, 6) is 0. The highest BCUT2D eigenvalue weighted by Crippen LogP contribution is 2.26. The Morgan fingerprint density at radius 2 is 0.564 bits per heavy atom. The summed E-state index contributed by atoms with van der Waals surface area (Å²) in [6, 6.07) is 56.2. The summed E-state index contributed by atoms with van der Waals surface area (Å²) in [7, 11) is 0. The van der Waals surface area contributed by atoms with Crippen LogP contribution in [0.15, 0.2) is 158 Å². The van der Waals surface area contributed by atoms with Crippen molar-refractivity contribution >= 4 is 11.4 Å². The number of nitrogens with one attached hydrogen (secondary N) is 1. The Bertz CT molecular complexity index is 1600. The summed E-state index contributed by atoms with van der Waals surface area (Å²) < 4.78 is 0. The average Bonchev–Trinajstić information content (AvgIpc) is 3.02. The van der Waals surface area contributed by atoms with Gasteiger partial charge in [0.2, 0.25) is 0 Å². The predicted octanol–water partition coefficient (Wildman–Crippen LogP) is 10.2. The summed E-state index contributed by atoms with van der Waals surface area (Å²) in [4.78, 5) is 0. The largest absolute Gasteiger partial charge is 0.356 e. The quantitative estimate of drug-likeness (QED) is 0.219. The van der Waals surface area contributed by atoms with Gasteiger partial charge < -0.3 is 5.32 Å². The number of benzene rings is 6. The highest BCUT2D eigenvalue weighted by Gasteiger charge is 2.03. The van der Waals surface area contributed by atoms with E-state index in [0.717, 1.165) is 24.2 Å². The van der Waals surface area contributed by atoms with E-state index in [2.05, 4.69) is 157 Å². The third-order valence-electron chi connectivity index (χ3n) is 7.22. The summed E-state index contributed by atoms with van der Waals surface area (Å²) in [6.45, 7) is 0. The van der Waals surface area contributed by atoms with E-state index in [-0.39, 0.29) is 0 Å². The van der Waals surface area contributed by atoms with Crippen LogP contribution >= 0.6 is 0 Å². The lowest BCUT2D eigenvalue weighted by Crippen LogP contribution is -1.92. The van der Waals surface area contributed by atoms with Crippen molar-refractivity contribution in [3.8, 4) is 33.4 Å². The summed E-state index contributed by atoms with van der Waals surface area (Å²) in [6.07, 6.45) is 2.08. The van der Waals surface area contributed by atoms with Crippen molar-refractivity contribution in [3.63, 3.8) is 0 Å². The second-order valence-electron chi connectivity index (χ2n) is 9.91. The third-order valence-corrected chi connectivity index (χ3v) is 7.22. The number of aryl methyl sites for hydroxylation is 2. The Hall–Kier alpha value is -4.88. The zero-order valence-electron chi connectivity index (χ0n) is 21.9. The van der Waals surface area contributed by atoms with Crippen molar-refractivity contribution in [1.29, 1.82) is 0 Å². The van der Waals surface area contributed by atoms with Crippen LogP contribution in [0.4, 0.5) is 11.4 Å². The number of anilines is 2. The Morgan fingerprint density at radius 1 is 0.282 bits per heavy atom. The van der Waals surface area contributed by atoms with Crippen molar-refractivity contribution in [2.75, 3.05) is 5.32 Å². The number of hydrogen-bond donors (Lipinski definition) is 1. The van der Waals surface area contributed by atoms with Crippen LogP contribution in [0.3, 0.4) is 0 Å². The van der Waals surface area contributed by atoms with Crippen molar-refractivity contribution in [2.45, 2.75) is 12.8 Å². The number of hydrogen-bond acceptors (Lipinski definition) is 1. The molecule has 1 N–H and O–H groups in total. The van der Waals surface area contributed by atoms with E-state index in [1.165, 1.54) is 44.5 Å². The molecule has 0 aliphatic heterocycles. The molecule has 0 aliphatic carbocycles. The van der Waals surface area contributed by atoms with Gasteiger partial charge in [-0.25, -0.2) is 0 Å². The van der Waals surface area contributed by atoms with Gasteiger partial charge in [0.1, 0.15) is 0 Å². The highest BCUT2D eigenvalue weighted by molar-refractivity contribution is 5.71. The highest BCUT2D eigenvalue weighted by atomic mass is 14.9. The van der Waals surface area contributed by atoms with Crippen molar-refractivity contribution in [2.24, 2.45) is 0 Å². The van der Waals surface area contributed by atoms with E-state index in [1.807, 2.05) is 6.07 Å². The molecular weight excluding hydrogens is 470 g/mol. The van der Waals surface area contributed by atoms with Gasteiger partial charge in [-0.1, -0.05) is 133 Å². The van der Waals surface area contributed by atoms with E-state index in [1.54, 1.807) is 0 Å². The molecule has 0 amide bonds. The number of rotatable bonds is 8. The van der Waals surface area contributed by atoms with Crippen molar-refractivity contribution < 1.29 is 0 Å². The van der Waals surface area contributed by atoms with Gasteiger partial charge in [-0.15, -0.1) is 0 Å². The maximum absolute atomic E-state index is 3.52. The van der Waals surface area contributed by atoms with Crippen molar-refractivity contribution in [3.05, 3.63) is 169 Å². The molecule has 6 aromatic carbocycles. The van der Waals surface area contributed by atoms with E-state index in [9.17, 15) is 0 Å². The minimum atomic E-state index is 1.04. The maximum Gasteiger partial charge on any atom is 0.0384 e. The molecule has 6 aromatic rings. The van der Waals surface area contributed by atoms with E-state index in [4.69, 9.17) is 0 Å². The first-order valence-corrected chi connectivity index (χ1v) is 13.6. The van der Waals surface area contributed by atoms with Gasteiger partial charge >= 0.3 is 0 Å². The first-order chi connectivity index (χ1) is 19.3. The van der Waals surface area contributed by atoms with Crippen LogP contribution in [0.1, 0.15) is 11.1 Å². The molecule has 39 heavy (non-hydrogen) atoms. The fraction of sp³-hybridized carbons (Fsp3) is 0.0526. The Kier molecular flexibility index (Phi) is 7.32. The molecule has 0 heterocycles. The molecule has 0 aromatic heterocycles. The van der Waals surface area contributed by atoms with Gasteiger partial charge in [0.05, 0.1) is 0 Å². The molecule has 1 nitrogen and oxygen atoms in total. The van der Waals surface area contributed by atoms with E-state index >= 15 is 0 Å². The first kappa shape index (κ1) is 24.5. The van der Waals surface area contributed by atoms with Crippen LogP contribution in [0.25, 0.3) is 33.4 Å². The molecule has 0 unspecified atom stereocenters. The molecule has 0 aliphatic rings. The standard InChI is InChI=1S/C38H31N/c1-3-7-31(8-4-1)33-17-13-29(14-18-33)11-12-30-15-19-34(20-16-30)36-23-27-38(28-24-36)39-37-25-21-35(22-26-37)32-9-5-2-6-10-32/h1-10,13-28,39H,11-12H2. The fourth-order valence-electron chi connectivity index (χ4n) is 4.94. The topological polar surface area (TPSA) is 12.0 Å². The minimum Gasteiger partial charge on any atom is -0.356 e. The smallest absolute Gasteiger partial charge is 0.0384 e. The third kappa shape index (κ3) is 6.17. The van der Waals surface area contributed by atoms with Crippen LogP contribution in [-0.2, 0) is 12.8 Å². The molecule has 188 valence electrons. The Balaban J connectivity index is 1.04. The average molecular weight is 502 g/mol. The van der Waals surface area contributed by atoms with E-state index < -0.39 is 0 Å².